The van der Waals surface area contributed by atoms with Gasteiger partial charge in [-0.25, -0.2) is 4.21 Å². The van der Waals surface area contributed by atoms with E-state index in [4.69, 9.17) is 4.18 Å². The normalized spacial score (nSPS) is 9.69. The van der Waals surface area contributed by atoms with Crippen molar-refractivity contribution in [3.63, 3.8) is 0 Å². The van der Waals surface area contributed by atoms with E-state index in [2.05, 4.69) is 32.9 Å². The summed E-state index contributed by atoms with van der Waals surface area (Å²) in [5.74, 6) is 0.800. The van der Waals surface area contributed by atoms with Crippen molar-refractivity contribution in [3.05, 3.63) is 28.8 Å². The van der Waals surface area contributed by atoms with Crippen LogP contribution >= 0.6 is 0 Å². The molecule has 0 spiro atoms. The van der Waals surface area contributed by atoms with Crippen LogP contribution in [0.1, 0.15) is 37.5 Å². The fraction of sp³-hybridized carbons (Fsp3) is 0.500. The predicted molar refractivity (Wildman–Crippen MR) is 71.9 cm³/mol. The van der Waals surface area contributed by atoms with E-state index in [0.717, 1.165) is 36.1 Å². The van der Waals surface area contributed by atoms with Crippen LogP contribution in [0.2, 0.25) is 0 Å². The second-order valence-corrected chi connectivity index (χ2v) is 3.80. The molecule has 1 aromatic rings. The molecule has 0 N–H and O–H groups in total. The van der Waals surface area contributed by atoms with Crippen LogP contribution in [0.5, 0.6) is 5.75 Å². The summed E-state index contributed by atoms with van der Waals surface area (Å²) in [5.41, 5.74) is 3.61. The Kier molecular flexibility index (Phi) is 9.28. The Bertz CT molecular complexity index is 328. The number of benzene rings is 1. The maximum absolute atomic E-state index is 10.5. The van der Waals surface area contributed by atoms with E-state index in [1.54, 1.807) is 0 Å². The average molecular weight is 266 g/mol. The Morgan fingerprint density at radius 1 is 1.06 bits per heavy atom. The van der Waals surface area contributed by atoms with Crippen LogP contribution in [0.4, 0.5) is 0 Å². The van der Waals surface area contributed by atoms with Gasteiger partial charge in [0, 0.05) is 0 Å². The van der Waals surface area contributed by atoms with Crippen molar-refractivity contribution in [2.45, 2.75) is 40.0 Å². The second-order valence-electron chi connectivity index (χ2n) is 3.47. The molecule has 0 fully saturated rings. The first-order valence-electron chi connectivity index (χ1n) is 5.41. The van der Waals surface area contributed by atoms with Gasteiger partial charge in [-0.05, 0) is 36.0 Å². The summed E-state index contributed by atoms with van der Waals surface area (Å²) < 4.78 is 15.7. The van der Waals surface area contributed by atoms with Gasteiger partial charge in [-0.1, -0.05) is 32.9 Å². The topological polar surface area (TPSA) is 26.3 Å². The van der Waals surface area contributed by atoms with E-state index < -0.39 is 0 Å². The minimum absolute atomic E-state index is 0. The number of rotatable bonds is 5. The molecule has 0 radical (unpaired) electrons. The molecule has 2 nitrogen and oxygen atoms in total. The molecule has 0 saturated carbocycles. The van der Waals surface area contributed by atoms with Crippen LogP contribution in [0.3, 0.4) is 0 Å². The zero-order valence-electron chi connectivity index (χ0n) is 9.54. The first-order chi connectivity index (χ1) is 7.26. The van der Waals surface area contributed by atoms with Crippen LogP contribution < -0.4 is 4.18 Å². The van der Waals surface area contributed by atoms with Crippen LogP contribution in [-0.4, -0.2) is 55.6 Å². The Morgan fingerprint density at radius 3 is 1.88 bits per heavy atom. The van der Waals surface area contributed by atoms with Crippen LogP contribution in [0.25, 0.3) is 0 Å². The molecular formula is C12H19KO2S. The fourth-order valence-electron chi connectivity index (χ4n) is 1.71. The van der Waals surface area contributed by atoms with Gasteiger partial charge in [0.2, 0.25) is 0 Å². The quantitative estimate of drug-likeness (QED) is 0.651. The third-order valence-electron chi connectivity index (χ3n) is 2.60. The molecule has 0 bridgehead atoms. The van der Waals surface area contributed by atoms with Gasteiger partial charge >= 0.3 is 51.4 Å². The zero-order chi connectivity index (χ0) is 11.3. The molecule has 0 amide bonds. The summed E-state index contributed by atoms with van der Waals surface area (Å²) in [5, 5.41) is 0. The van der Waals surface area contributed by atoms with Gasteiger partial charge in [0.25, 0.3) is 0 Å². The van der Waals surface area contributed by atoms with E-state index in [0.29, 0.717) is 0 Å². The van der Waals surface area contributed by atoms with Crippen molar-refractivity contribution in [3.8, 4) is 5.75 Å². The Hall–Kier alpha value is 0.806. The van der Waals surface area contributed by atoms with Gasteiger partial charge in [-0.3, -0.25) is 0 Å². The third kappa shape index (κ3) is 4.24. The van der Waals surface area contributed by atoms with E-state index in [9.17, 15) is 4.21 Å². The van der Waals surface area contributed by atoms with Gasteiger partial charge in [0.1, 0.15) is 5.75 Å². The molecule has 0 aliphatic carbocycles. The molecule has 1 aromatic carbocycles. The van der Waals surface area contributed by atoms with Crippen LogP contribution in [0, 0.1) is 0 Å². The minimum atomic E-state index is -0.271. The second kappa shape index (κ2) is 8.83. The number of hydrogen-bond acceptors (Lipinski definition) is 2. The summed E-state index contributed by atoms with van der Waals surface area (Å²) in [4.78, 5) is 0. The first kappa shape index (κ1) is 16.8. The molecule has 4 heteroatoms. The molecule has 0 unspecified atom stereocenters. The predicted octanol–water partition coefficient (Wildman–Crippen LogP) is 1.96. The standard InChI is InChI=1S/C12H18O2S.K.H/c1-4-9-7-10(5-2)12(14-15-13)11(6-3)8-9;;/h7-8,15H,4-6H2,1-3H3;;. The molecule has 1 rings (SSSR count). The molecule has 0 aliphatic rings. The molecule has 0 aliphatic heterocycles. The Balaban J connectivity index is 0.00000225. The summed E-state index contributed by atoms with van der Waals surface area (Å²) in [6.45, 7) is 6.31. The van der Waals surface area contributed by atoms with Crippen molar-refractivity contribution >= 4 is 63.3 Å². The summed E-state index contributed by atoms with van der Waals surface area (Å²) >= 11 is -0.271. The number of aryl methyl sites for hydroxylation is 3. The molecule has 0 heterocycles. The molecule has 86 valence electrons. The van der Waals surface area contributed by atoms with Gasteiger partial charge in [-0.15, -0.1) is 0 Å². The number of hydrogen-bond donors (Lipinski definition) is 1. The van der Waals surface area contributed by atoms with Crippen molar-refractivity contribution in [2.75, 3.05) is 0 Å². The van der Waals surface area contributed by atoms with E-state index in [1.165, 1.54) is 5.56 Å². The van der Waals surface area contributed by atoms with Gasteiger partial charge in [-0.2, -0.15) is 0 Å². The average Bonchev–Trinajstić information content (AvgIpc) is 2.29. The molecule has 16 heavy (non-hydrogen) atoms. The van der Waals surface area contributed by atoms with Crippen molar-refractivity contribution in [1.82, 2.24) is 0 Å². The summed E-state index contributed by atoms with van der Waals surface area (Å²) in [7, 11) is 0. The molecule has 0 aromatic heterocycles. The SMILES string of the molecule is CCc1cc(CC)c(O[SH]=O)c(CC)c1.[KH]. The maximum atomic E-state index is 10.5. The van der Waals surface area contributed by atoms with E-state index in [1.807, 2.05) is 0 Å². The molecular weight excluding hydrogens is 247 g/mol. The van der Waals surface area contributed by atoms with Gasteiger partial charge < -0.3 is 4.18 Å². The third-order valence-corrected chi connectivity index (χ3v) is 2.86. The van der Waals surface area contributed by atoms with Crippen LogP contribution in [0.15, 0.2) is 12.1 Å². The van der Waals surface area contributed by atoms with Crippen molar-refractivity contribution < 1.29 is 8.39 Å². The van der Waals surface area contributed by atoms with Crippen molar-refractivity contribution in [1.29, 1.82) is 0 Å². The van der Waals surface area contributed by atoms with E-state index >= 15 is 0 Å². The molecule has 0 saturated heterocycles. The Morgan fingerprint density at radius 2 is 1.56 bits per heavy atom. The Labute approximate surface area is 144 Å². The fourth-order valence-corrected chi connectivity index (χ4v) is 2.02. The number of thiol groups is 1. The summed E-state index contributed by atoms with van der Waals surface area (Å²) in [6, 6.07) is 4.28. The van der Waals surface area contributed by atoms with Gasteiger partial charge in [0.05, 0.1) is 0 Å². The van der Waals surface area contributed by atoms with E-state index in [-0.39, 0.29) is 63.3 Å². The summed E-state index contributed by atoms with van der Waals surface area (Å²) in [6.07, 6.45) is 2.84. The van der Waals surface area contributed by atoms with Crippen LogP contribution in [-0.2, 0) is 31.2 Å². The zero-order valence-corrected chi connectivity index (χ0v) is 10.4. The van der Waals surface area contributed by atoms with Crippen molar-refractivity contribution in [2.24, 2.45) is 0 Å². The van der Waals surface area contributed by atoms with Gasteiger partial charge in [0.15, 0.2) is 11.9 Å². The first-order valence-corrected chi connectivity index (χ1v) is 6.14. The monoisotopic (exact) mass is 266 g/mol. The molecule has 0 atom stereocenters.